The summed E-state index contributed by atoms with van der Waals surface area (Å²) in [7, 11) is 0. The van der Waals surface area contributed by atoms with Gasteiger partial charge in [-0.2, -0.15) is 0 Å². The van der Waals surface area contributed by atoms with E-state index in [9.17, 15) is 4.39 Å². The Bertz CT molecular complexity index is 1130. The molecule has 0 heterocycles. The fourth-order valence-electron chi connectivity index (χ4n) is 3.86. The van der Waals surface area contributed by atoms with Crippen LogP contribution in [0.4, 0.5) is 4.39 Å². The predicted molar refractivity (Wildman–Crippen MR) is 131 cm³/mol. The van der Waals surface area contributed by atoms with Gasteiger partial charge in [-0.05, 0) is 64.4 Å². The minimum absolute atomic E-state index is 0.247. The van der Waals surface area contributed by atoms with Gasteiger partial charge in [-0.3, -0.25) is 0 Å². The first-order valence-corrected chi connectivity index (χ1v) is 11.3. The van der Waals surface area contributed by atoms with E-state index in [0.717, 1.165) is 28.7 Å². The number of unbranched alkanes of at least 4 members (excludes halogenated alkanes) is 2. The lowest BCUT2D eigenvalue weighted by molar-refractivity contribution is 0.628. The largest absolute Gasteiger partial charge is 0.207 e. The molecule has 2 heteroatoms. The lowest BCUT2D eigenvalue weighted by atomic mass is 9.97. The quantitative estimate of drug-likeness (QED) is 0.257. The van der Waals surface area contributed by atoms with Gasteiger partial charge < -0.3 is 0 Å². The molecule has 0 unspecified atom stereocenters. The molecule has 0 radical (unpaired) electrons. The Hall–Kier alpha value is -2.90. The van der Waals surface area contributed by atoms with E-state index in [2.05, 4.69) is 61.5 Å². The highest BCUT2D eigenvalue weighted by atomic mass is 35.5. The molecule has 0 aliphatic carbocycles. The van der Waals surface area contributed by atoms with Gasteiger partial charge in [0.2, 0.25) is 0 Å². The maximum atomic E-state index is 13.2. The standard InChI is InChI=1S/C29H26ClF/c1-2-3-4-5-21-6-8-22(9-7-21)23-10-12-24(13-11-23)26-16-19-28(29(30)20-26)25-14-17-27(31)18-15-25/h6-20H,2-5H2,1H3. The summed E-state index contributed by atoms with van der Waals surface area (Å²) in [4.78, 5) is 0. The van der Waals surface area contributed by atoms with Crippen molar-refractivity contribution in [2.24, 2.45) is 0 Å². The molecule has 4 aromatic carbocycles. The lowest BCUT2D eigenvalue weighted by Gasteiger charge is -2.09. The summed E-state index contributed by atoms with van der Waals surface area (Å²) in [6.07, 6.45) is 4.96. The van der Waals surface area contributed by atoms with E-state index in [1.165, 1.54) is 48.1 Å². The first-order chi connectivity index (χ1) is 15.1. The summed E-state index contributed by atoms with van der Waals surface area (Å²) in [6, 6.07) is 29.9. The Kier molecular flexibility index (Phi) is 6.84. The molecule has 0 fully saturated rings. The molecule has 0 aliphatic rings. The van der Waals surface area contributed by atoms with Crippen molar-refractivity contribution in [3.63, 3.8) is 0 Å². The van der Waals surface area contributed by atoms with Gasteiger partial charge >= 0.3 is 0 Å². The van der Waals surface area contributed by atoms with Crippen molar-refractivity contribution in [1.29, 1.82) is 0 Å². The molecule has 156 valence electrons. The van der Waals surface area contributed by atoms with E-state index in [0.29, 0.717) is 5.02 Å². The molecule has 0 nitrogen and oxygen atoms in total. The third kappa shape index (κ3) is 5.24. The van der Waals surface area contributed by atoms with Crippen LogP contribution in [0, 0.1) is 5.82 Å². The second kappa shape index (κ2) is 9.94. The zero-order chi connectivity index (χ0) is 21.6. The number of hydrogen-bond donors (Lipinski definition) is 0. The highest BCUT2D eigenvalue weighted by Crippen LogP contribution is 2.33. The van der Waals surface area contributed by atoms with Gasteiger partial charge in [-0.1, -0.05) is 104 Å². The van der Waals surface area contributed by atoms with E-state index < -0.39 is 0 Å². The first kappa shape index (κ1) is 21.3. The van der Waals surface area contributed by atoms with Crippen LogP contribution in [0.5, 0.6) is 0 Å². The van der Waals surface area contributed by atoms with Crippen LogP contribution in [-0.4, -0.2) is 0 Å². The van der Waals surface area contributed by atoms with Gasteiger partial charge in [0.05, 0.1) is 0 Å². The molecule has 0 N–H and O–H groups in total. The minimum atomic E-state index is -0.247. The number of rotatable bonds is 7. The Morgan fingerprint density at radius 1 is 0.613 bits per heavy atom. The number of hydrogen-bond acceptors (Lipinski definition) is 0. The Labute approximate surface area is 189 Å². The van der Waals surface area contributed by atoms with Crippen molar-refractivity contribution in [1.82, 2.24) is 0 Å². The summed E-state index contributed by atoms with van der Waals surface area (Å²) in [5.74, 6) is -0.247. The van der Waals surface area contributed by atoms with E-state index >= 15 is 0 Å². The molecule has 0 aliphatic heterocycles. The number of aryl methyl sites for hydroxylation is 1. The van der Waals surface area contributed by atoms with Gasteiger partial charge in [-0.25, -0.2) is 4.39 Å². The SMILES string of the molecule is CCCCCc1ccc(-c2ccc(-c3ccc(-c4ccc(F)cc4)c(Cl)c3)cc2)cc1. The summed E-state index contributed by atoms with van der Waals surface area (Å²) in [6.45, 7) is 2.24. The normalized spacial score (nSPS) is 10.9. The van der Waals surface area contributed by atoms with Gasteiger partial charge in [0.25, 0.3) is 0 Å². The van der Waals surface area contributed by atoms with Gasteiger partial charge in [0.15, 0.2) is 0 Å². The van der Waals surface area contributed by atoms with Crippen molar-refractivity contribution in [2.45, 2.75) is 32.6 Å². The van der Waals surface area contributed by atoms with E-state index in [1.807, 2.05) is 12.1 Å². The monoisotopic (exact) mass is 428 g/mol. The van der Waals surface area contributed by atoms with E-state index in [1.54, 1.807) is 12.1 Å². The number of benzene rings is 4. The van der Waals surface area contributed by atoms with E-state index in [-0.39, 0.29) is 5.82 Å². The summed E-state index contributed by atoms with van der Waals surface area (Å²) >= 11 is 6.55. The Balaban J connectivity index is 1.50. The second-order valence-corrected chi connectivity index (χ2v) is 8.34. The van der Waals surface area contributed by atoms with Crippen LogP contribution in [0.15, 0.2) is 91.0 Å². The molecule has 0 spiro atoms. The van der Waals surface area contributed by atoms with Crippen LogP contribution in [-0.2, 0) is 6.42 Å². The molecule has 0 aromatic heterocycles. The van der Waals surface area contributed by atoms with Gasteiger partial charge in [0, 0.05) is 10.6 Å². The smallest absolute Gasteiger partial charge is 0.123 e. The molecule has 0 bridgehead atoms. The lowest BCUT2D eigenvalue weighted by Crippen LogP contribution is -1.86. The predicted octanol–water partition coefficient (Wildman–Crippen LogP) is 9.21. The van der Waals surface area contributed by atoms with Crippen molar-refractivity contribution in [2.75, 3.05) is 0 Å². The van der Waals surface area contributed by atoms with Crippen LogP contribution in [0.3, 0.4) is 0 Å². The maximum absolute atomic E-state index is 13.2. The Morgan fingerprint density at radius 3 is 1.71 bits per heavy atom. The Morgan fingerprint density at radius 2 is 1.13 bits per heavy atom. The summed E-state index contributed by atoms with van der Waals surface area (Å²) in [5, 5.41) is 0.659. The minimum Gasteiger partial charge on any atom is -0.207 e. The van der Waals surface area contributed by atoms with Crippen molar-refractivity contribution in [3.8, 4) is 33.4 Å². The zero-order valence-corrected chi connectivity index (χ0v) is 18.5. The van der Waals surface area contributed by atoms with Crippen LogP contribution in [0.1, 0.15) is 31.7 Å². The van der Waals surface area contributed by atoms with Crippen molar-refractivity contribution >= 4 is 11.6 Å². The van der Waals surface area contributed by atoms with Gasteiger partial charge in [0.1, 0.15) is 5.82 Å². The molecule has 31 heavy (non-hydrogen) atoms. The van der Waals surface area contributed by atoms with Crippen molar-refractivity contribution in [3.05, 3.63) is 107 Å². The molecule has 4 aromatic rings. The van der Waals surface area contributed by atoms with Crippen LogP contribution in [0.2, 0.25) is 5.02 Å². The molecular formula is C29H26ClF. The molecule has 0 amide bonds. The summed E-state index contributed by atoms with van der Waals surface area (Å²) in [5.41, 5.74) is 7.84. The molecule has 0 saturated heterocycles. The molecule has 0 saturated carbocycles. The third-order valence-electron chi connectivity index (χ3n) is 5.70. The first-order valence-electron chi connectivity index (χ1n) is 10.9. The summed E-state index contributed by atoms with van der Waals surface area (Å²) < 4.78 is 13.2. The topological polar surface area (TPSA) is 0 Å². The fourth-order valence-corrected chi connectivity index (χ4v) is 4.15. The molecular weight excluding hydrogens is 403 g/mol. The average Bonchev–Trinajstić information content (AvgIpc) is 2.81. The van der Waals surface area contributed by atoms with E-state index in [4.69, 9.17) is 11.6 Å². The van der Waals surface area contributed by atoms with Gasteiger partial charge in [-0.15, -0.1) is 0 Å². The van der Waals surface area contributed by atoms with Crippen LogP contribution < -0.4 is 0 Å². The highest BCUT2D eigenvalue weighted by molar-refractivity contribution is 6.33. The maximum Gasteiger partial charge on any atom is 0.123 e. The molecule has 4 rings (SSSR count). The zero-order valence-electron chi connectivity index (χ0n) is 17.7. The average molecular weight is 429 g/mol. The van der Waals surface area contributed by atoms with Crippen LogP contribution in [0.25, 0.3) is 33.4 Å². The fraction of sp³-hybridized carbons (Fsp3) is 0.172. The highest BCUT2D eigenvalue weighted by Gasteiger charge is 2.07. The molecule has 0 atom stereocenters. The van der Waals surface area contributed by atoms with Crippen LogP contribution >= 0.6 is 11.6 Å². The second-order valence-electron chi connectivity index (χ2n) is 7.93. The van der Waals surface area contributed by atoms with Crippen molar-refractivity contribution < 1.29 is 4.39 Å². The third-order valence-corrected chi connectivity index (χ3v) is 6.01. The number of halogens is 2.